The molecule has 1 aliphatic carbocycles. The third kappa shape index (κ3) is 5.52. The number of methoxy groups -OCH3 is 1. The summed E-state index contributed by atoms with van der Waals surface area (Å²) in [5.74, 6) is 2.15. The summed E-state index contributed by atoms with van der Waals surface area (Å²) in [6, 6.07) is 13.2. The van der Waals surface area contributed by atoms with Crippen molar-refractivity contribution in [2.45, 2.75) is 31.3 Å². The van der Waals surface area contributed by atoms with Crippen LogP contribution >= 0.6 is 0 Å². The summed E-state index contributed by atoms with van der Waals surface area (Å²) >= 11 is 0. The largest absolute Gasteiger partial charge is 0.493 e. The summed E-state index contributed by atoms with van der Waals surface area (Å²) in [7, 11) is -2.01. The quantitative estimate of drug-likeness (QED) is 0.397. The second-order valence-corrected chi connectivity index (χ2v) is 9.58. The number of benzene rings is 2. The number of rotatable bonds is 10. The zero-order valence-electron chi connectivity index (χ0n) is 18.2. The normalized spacial score (nSPS) is 18.6. The van der Waals surface area contributed by atoms with Crippen molar-refractivity contribution >= 4 is 21.7 Å². The Morgan fingerprint density at radius 1 is 1.00 bits per heavy atom. The van der Waals surface area contributed by atoms with Gasteiger partial charge in [-0.1, -0.05) is 12.1 Å². The van der Waals surface area contributed by atoms with Gasteiger partial charge < -0.3 is 19.1 Å². The Morgan fingerprint density at radius 3 is 2.41 bits per heavy atom. The molecule has 0 radical (unpaired) electrons. The zero-order chi connectivity index (χ0) is 22.7. The van der Waals surface area contributed by atoms with Crippen LogP contribution in [-0.2, 0) is 19.1 Å². The van der Waals surface area contributed by atoms with Gasteiger partial charge in [0.25, 0.3) is 16.0 Å². The van der Waals surface area contributed by atoms with Gasteiger partial charge in [0.1, 0.15) is 19.0 Å². The maximum absolute atomic E-state index is 12.9. The number of ether oxygens (including phenoxy) is 3. The van der Waals surface area contributed by atoms with Crippen LogP contribution in [0.1, 0.15) is 30.7 Å². The first-order valence-corrected chi connectivity index (χ1v) is 12.4. The lowest BCUT2D eigenvalue weighted by Gasteiger charge is -2.19. The Balaban J connectivity index is 1.37. The van der Waals surface area contributed by atoms with Crippen LogP contribution in [-0.4, -0.2) is 53.6 Å². The summed E-state index contributed by atoms with van der Waals surface area (Å²) in [5.41, 5.74) is 2.01. The Labute approximate surface area is 188 Å². The molecule has 1 saturated heterocycles. The van der Waals surface area contributed by atoms with Crippen molar-refractivity contribution in [1.82, 2.24) is 0 Å². The van der Waals surface area contributed by atoms with Crippen molar-refractivity contribution in [2.75, 3.05) is 38.0 Å². The van der Waals surface area contributed by atoms with Crippen LogP contribution in [0.4, 0.5) is 5.69 Å². The molecule has 2 fully saturated rings. The fourth-order valence-electron chi connectivity index (χ4n) is 3.70. The van der Waals surface area contributed by atoms with Crippen molar-refractivity contribution < 1.29 is 31.6 Å². The monoisotopic (exact) mass is 461 g/mol. The van der Waals surface area contributed by atoms with Gasteiger partial charge in [-0.2, -0.15) is 8.42 Å². The van der Waals surface area contributed by atoms with E-state index in [0.717, 1.165) is 6.26 Å². The number of hydrogen-bond acceptors (Lipinski definition) is 7. The average Bonchev–Trinajstić information content (AvgIpc) is 3.56. The van der Waals surface area contributed by atoms with Crippen LogP contribution in [0, 0.1) is 0 Å². The van der Waals surface area contributed by atoms with Gasteiger partial charge in [-0.3, -0.25) is 8.98 Å². The molecule has 1 heterocycles. The maximum atomic E-state index is 12.9. The third-order valence-electron chi connectivity index (χ3n) is 5.46. The molecule has 32 heavy (non-hydrogen) atoms. The minimum absolute atomic E-state index is 0.0425. The molecule has 1 atom stereocenters. The highest BCUT2D eigenvalue weighted by atomic mass is 32.2. The van der Waals surface area contributed by atoms with E-state index in [1.165, 1.54) is 25.5 Å². The third-order valence-corrected chi connectivity index (χ3v) is 6.06. The highest BCUT2D eigenvalue weighted by Crippen LogP contribution is 2.40. The number of carbonyl (C=O) groups excluding carboxylic acids is 1. The summed E-state index contributed by atoms with van der Waals surface area (Å²) in [6.07, 6.45) is 3.54. The van der Waals surface area contributed by atoms with Crippen molar-refractivity contribution in [1.29, 1.82) is 0 Å². The minimum atomic E-state index is -3.52. The van der Waals surface area contributed by atoms with Crippen LogP contribution in [0.15, 0.2) is 42.5 Å². The molecule has 0 unspecified atom stereocenters. The second-order valence-electron chi connectivity index (χ2n) is 7.94. The van der Waals surface area contributed by atoms with Crippen LogP contribution in [0.25, 0.3) is 0 Å². The predicted molar refractivity (Wildman–Crippen MR) is 119 cm³/mol. The molecule has 0 N–H and O–H groups in total. The van der Waals surface area contributed by atoms with Gasteiger partial charge in [0, 0.05) is 24.7 Å². The molecule has 0 bridgehead atoms. The van der Waals surface area contributed by atoms with Gasteiger partial charge in [-0.25, -0.2) is 0 Å². The number of nitrogens with zero attached hydrogens (tertiary/aromatic N) is 1. The van der Waals surface area contributed by atoms with E-state index >= 15 is 0 Å². The zero-order valence-corrected chi connectivity index (χ0v) is 19.0. The van der Waals surface area contributed by atoms with Gasteiger partial charge in [-0.05, 0) is 48.6 Å². The lowest BCUT2D eigenvalue weighted by atomic mass is 10.1. The Morgan fingerprint density at radius 2 is 1.75 bits per heavy atom. The first-order chi connectivity index (χ1) is 15.3. The minimum Gasteiger partial charge on any atom is -0.493 e. The van der Waals surface area contributed by atoms with Crippen LogP contribution in [0.3, 0.4) is 0 Å². The van der Waals surface area contributed by atoms with E-state index in [4.69, 9.17) is 14.2 Å². The summed E-state index contributed by atoms with van der Waals surface area (Å²) in [4.78, 5) is 14.6. The van der Waals surface area contributed by atoms with E-state index in [9.17, 15) is 13.2 Å². The molecule has 2 aliphatic rings. The molecule has 4 rings (SSSR count). The van der Waals surface area contributed by atoms with E-state index in [-0.39, 0.29) is 19.1 Å². The molecule has 1 amide bonds. The Hall–Kier alpha value is -2.78. The van der Waals surface area contributed by atoms with E-state index < -0.39 is 16.2 Å². The molecule has 2 aromatic rings. The van der Waals surface area contributed by atoms with Crippen molar-refractivity contribution in [3.05, 3.63) is 48.0 Å². The van der Waals surface area contributed by atoms with Crippen LogP contribution in [0.2, 0.25) is 0 Å². The predicted octanol–water partition coefficient (Wildman–Crippen LogP) is 3.11. The standard InChI is InChI=1S/C23H27NO7S/c1-28-22-15-18(7-10-20(22)29-13-14-30-32(2,26)27)24-12-11-21(23(24)25)31-19-8-5-17(6-9-19)16-3-4-16/h5-10,15-16,21H,3-4,11-14H2,1-2H3/t21-/m1/s1. The van der Waals surface area contributed by atoms with Crippen molar-refractivity contribution in [2.24, 2.45) is 0 Å². The molecule has 8 nitrogen and oxygen atoms in total. The molecule has 2 aromatic carbocycles. The fraction of sp³-hybridized carbons (Fsp3) is 0.435. The summed E-state index contributed by atoms with van der Waals surface area (Å²) in [6.45, 7) is 0.477. The fourth-order valence-corrected chi connectivity index (χ4v) is 4.07. The van der Waals surface area contributed by atoms with Gasteiger partial charge in [0.2, 0.25) is 0 Å². The van der Waals surface area contributed by atoms with E-state index in [1.54, 1.807) is 23.1 Å². The van der Waals surface area contributed by atoms with Crippen molar-refractivity contribution in [3.63, 3.8) is 0 Å². The molecule has 1 aliphatic heterocycles. The van der Waals surface area contributed by atoms with Gasteiger partial charge in [0.05, 0.1) is 13.4 Å². The molecular weight excluding hydrogens is 434 g/mol. The molecule has 0 spiro atoms. The Bertz CT molecular complexity index is 1060. The van der Waals surface area contributed by atoms with Gasteiger partial charge in [-0.15, -0.1) is 0 Å². The molecule has 9 heteroatoms. The topological polar surface area (TPSA) is 91.4 Å². The van der Waals surface area contributed by atoms with E-state index in [2.05, 4.69) is 16.3 Å². The SMILES string of the molecule is COc1cc(N2CC[C@@H](Oc3ccc(C4CC4)cc3)C2=O)ccc1OCCOS(C)(=O)=O. The highest BCUT2D eigenvalue weighted by Gasteiger charge is 2.35. The van der Waals surface area contributed by atoms with Gasteiger partial charge >= 0.3 is 0 Å². The lowest BCUT2D eigenvalue weighted by molar-refractivity contribution is -0.122. The molecule has 0 aromatic heterocycles. The summed E-state index contributed by atoms with van der Waals surface area (Å²) < 4.78 is 43.6. The number of carbonyl (C=O) groups is 1. The second kappa shape index (κ2) is 9.38. The first kappa shape index (κ1) is 22.4. The maximum Gasteiger partial charge on any atom is 0.268 e. The van der Waals surface area contributed by atoms with Crippen molar-refractivity contribution in [3.8, 4) is 17.2 Å². The molecule has 1 saturated carbocycles. The van der Waals surface area contributed by atoms with E-state index in [1.807, 2.05) is 12.1 Å². The number of anilines is 1. The molecular formula is C23H27NO7S. The highest BCUT2D eigenvalue weighted by molar-refractivity contribution is 7.85. The number of hydrogen-bond donors (Lipinski definition) is 0. The van der Waals surface area contributed by atoms with Gasteiger partial charge in [0.15, 0.2) is 17.6 Å². The van der Waals surface area contributed by atoms with E-state index in [0.29, 0.717) is 41.8 Å². The number of amides is 1. The Kier molecular flexibility index (Phi) is 6.57. The smallest absolute Gasteiger partial charge is 0.268 e. The molecule has 172 valence electrons. The van der Waals surface area contributed by atoms with Crippen LogP contribution in [0.5, 0.6) is 17.2 Å². The summed E-state index contributed by atoms with van der Waals surface area (Å²) in [5, 5.41) is 0. The average molecular weight is 462 g/mol. The first-order valence-electron chi connectivity index (χ1n) is 10.6. The lowest BCUT2D eigenvalue weighted by Crippen LogP contribution is -2.32. The van der Waals surface area contributed by atoms with Crippen LogP contribution < -0.4 is 19.1 Å².